The molecular weight excluding hydrogens is 380 g/mol. The first kappa shape index (κ1) is 21.5. The molecule has 1 aromatic carbocycles. The van der Waals surface area contributed by atoms with E-state index in [1.165, 1.54) is 6.21 Å². The number of aliphatic imine (C=N–C) groups is 1. The van der Waals surface area contributed by atoms with Gasteiger partial charge in [0.15, 0.2) is 0 Å². The lowest BCUT2D eigenvalue weighted by Gasteiger charge is -2.02. The van der Waals surface area contributed by atoms with Gasteiger partial charge in [0.05, 0.1) is 22.8 Å². The number of hydrazone groups is 1. The maximum absolute atomic E-state index is 6.01. The molecule has 0 radical (unpaired) electrons. The third kappa shape index (κ3) is 7.05. The van der Waals surface area contributed by atoms with Crippen molar-refractivity contribution in [2.24, 2.45) is 15.8 Å². The Morgan fingerprint density at radius 1 is 1.17 bits per heavy atom. The summed E-state index contributed by atoms with van der Waals surface area (Å²) in [6.45, 7) is 0.426. The van der Waals surface area contributed by atoms with Crippen molar-refractivity contribution < 1.29 is 0 Å². The molecule has 0 atom stereocenters. The van der Waals surface area contributed by atoms with Crippen LogP contribution in [0.3, 0.4) is 0 Å². The third-order valence-corrected chi connectivity index (χ3v) is 3.19. The van der Waals surface area contributed by atoms with Gasteiger partial charge in [0.2, 0.25) is 5.96 Å². The van der Waals surface area contributed by atoms with Crippen molar-refractivity contribution in [3.05, 3.63) is 63.9 Å². The Balaban J connectivity index is 0.00000242. The summed E-state index contributed by atoms with van der Waals surface area (Å²) >= 11 is 12.0. The number of pyridine rings is 1. The molecule has 0 aliphatic carbocycles. The van der Waals surface area contributed by atoms with Crippen molar-refractivity contribution in [2.75, 3.05) is 0 Å². The molecule has 2 rings (SSSR count). The molecule has 23 heavy (non-hydrogen) atoms. The molecule has 0 bridgehead atoms. The molecule has 0 fully saturated rings. The fourth-order valence-electron chi connectivity index (χ4n) is 1.50. The predicted octanol–water partition coefficient (Wildman–Crippen LogP) is 3.67. The monoisotopic (exact) mass is 393 g/mol. The highest BCUT2D eigenvalue weighted by Gasteiger charge is 2.01. The third-order valence-electron chi connectivity index (χ3n) is 2.53. The molecule has 0 saturated heterocycles. The molecule has 1 aromatic heterocycles. The summed E-state index contributed by atoms with van der Waals surface area (Å²) in [6.07, 6.45) is 4.92. The largest absolute Gasteiger partial charge is 0.369 e. The summed E-state index contributed by atoms with van der Waals surface area (Å²) in [4.78, 5) is 8.13. The van der Waals surface area contributed by atoms with Crippen LogP contribution in [-0.2, 0) is 6.54 Å². The number of halogens is 4. The molecule has 0 unspecified atom stereocenters. The van der Waals surface area contributed by atoms with Gasteiger partial charge in [-0.3, -0.25) is 4.98 Å². The number of rotatable bonds is 4. The Kier molecular flexibility index (Phi) is 10.3. The topological polar surface area (TPSA) is 75.7 Å². The van der Waals surface area contributed by atoms with E-state index in [0.29, 0.717) is 22.2 Å². The summed E-state index contributed by atoms with van der Waals surface area (Å²) in [5.41, 5.74) is 9.89. The van der Waals surface area contributed by atoms with Gasteiger partial charge >= 0.3 is 0 Å². The highest BCUT2D eigenvalue weighted by atomic mass is 35.5. The Labute approximate surface area is 156 Å². The quantitative estimate of drug-likeness (QED) is 0.471. The molecule has 0 saturated carbocycles. The summed E-state index contributed by atoms with van der Waals surface area (Å²) in [7, 11) is 0. The van der Waals surface area contributed by atoms with Gasteiger partial charge in [0, 0.05) is 18.0 Å². The highest BCUT2D eigenvalue weighted by Crippen LogP contribution is 2.21. The molecule has 0 amide bonds. The van der Waals surface area contributed by atoms with Crippen LogP contribution in [0.2, 0.25) is 10.0 Å². The lowest BCUT2D eigenvalue weighted by atomic mass is 10.2. The number of hydrogen-bond acceptors (Lipinski definition) is 3. The molecule has 9 heteroatoms. The van der Waals surface area contributed by atoms with Gasteiger partial charge in [0.1, 0.15) is 0 Å². The molecule has 2 aromatic rings. The standard InChI is InChI=1S/C14H13Cl2N5.2ClH/c15-12-4-1-5-13(16)11(12)9-20-21-14(17)19-8-10-3-2-6-18-7-10;;/h1-7,9H,8H2,(H3,17,19,21);2*1H. The Morgan fingerprint density at radius 2 is 1.87 bits per heavy atom. The van der Waals surface area contributed by atoms with Crippen LogP contribution >= 0.6 is 48.0 Å². The minimum Gasteiger partial charge on any atom is -0.369 e. The first-order valence-electron chi connectivity index (χ1n) is 6.08. The van der Waals surface area contributed by atoms with E-state index in [0.717, 1.165) is 5.56 Å². The second kappa shape index (κ2) is 11.1. The Hall–Kier alpha value is -1.53. The van der Waals surface area contributed by atoms with Gasteiger partial charge in [-0.1, -0.05) is 35.3 Å². The van der Waals surface area contributed by atoms with Crippen molar-refractivity contribution in [2.45, 2.75) is 6.54 Å². The Bertz CT molecular complexity index is 641. The molecular formula is C14H15Cl4N5. The maximum atomic E-state index is 6.01. The molecule has 0 aliphatic rings. The van der Waals surface area contributed by atoms with Crippen molar-refractivity contribution in [3.63, 3.8) is 0 Å². The number of hydrogen-bond donors (Lipinski definition) is 2. The summed E-state index contributed by atoms with van der Waals surface area (Å²) < 4.78 is 0. The van der Waals surface area contributed by atoms with Crippen LogP contribution in [0.4, 0.5) is 0 Å². The van der Waals surface area contributed by atoms with Gasteiger partial charge in [0.25, 0.3) is 0 Å². The van der Waals surface area contributed by atoms with Gasteiger partial charge in [-0.2, -0.15) is 5.10 Å². The first-order valence-corrected chi connectivity index (χ1v) is 6.84. The van der Waals surface area contributed by atoms with E-state index in [-0.39, 0.29) is 30.8 Å². The highest BCUT2D eigenvalue weighted by molar-refractivity contribution is 6.38. The Morgan fingerprint density at radius 3 is 2.48 bits per heavy atom. The van der Waals surface area contributed by atoms with Crippen LogP contribution in [0.5, 0.6) is 0 Å². The van der Waals surface area contributed by atoms with Gasteiger partial charge in [-0.15, -0.1) is 24.8 Å². The van der Waals surface area contributed by atoms with E-state index in [1.807, 2.05) is 12.1 Å². The van der Waals surface area contributed by atoms with Gasteiger partial charge in [-0.05, 0) is 23.8 Å². The van der Waals surface area contributed by atoms with Crippen molar-refractivity contribution >= 4 is 60.2 Å². The summed E-state index contributed by atoms with van der Waals surface area (Å²) in [5.74, 6) is 0.193. The summed E-state index contributed by atoms with van der Waals surface area (Å²) in [6, 6.07) is 8.98. The number of guanidine groups is 1. The lowest BCUT2D eigenvalue weighted by molar-refractivity contribution is 0.958. The predicted molar refractivity (Wildman–Crippen MR) is 101 cm³/mol. The van der Waals surface area contributed by atoms with Crippen LogP contribution in [0.25, 0.3) is 0 Å². The normalized spacial score (nSPS) is 10.8. The average molecular weight is 395 g/mol. The van der Waals surface area contributed by atoms with E-state index < -0.39 is 0 Å². The van der Waals surface area contributed by atoms with Crippen LogP contribution in [0, 0.1) is 0 Å². The average Bonchev–Trinajstić information content (AvgIpc) is 2.49. The van der Waals surface area contributed by atoms with Crippen LogP contribution in [-0.4, -0.2) is 17.2 Å². The smallest absolute Gasteiger partial charge is 0.209 e. The second-order valence-corrected chi connectivity index (χ2v) is 4.88. The summed E-state index contributed by atoms with van der Waals surface area (Å²) in [5, 5.41) is 4.99. The first-order chi connectivity index (χ1) is 10.2. The molecule has 3 N–H and O–H groups in total. The van der Waals surface area contributed by atoms with E-state index >= 15 is 0 Å². The molecule has 0 aliphatic heterocycles. The molecule has 0 spiro atoms. The van der Waals surface area contributed by atoms with Crippen LogP contribution in [0.15, 0.2) is 52.8 Å². The number of nitrogens with two attached hydrogens (primary N) is 1. The maximum Gasteiger partial charge on any atom is 0.209 e. The van der Waals surface area contributed by atoms with Gasteiger partial charge < -0.3 is 5.73 Å². The van der Waals surface area contributed by atoms with Crippen molar-refractivity contribution in [3.8, 4) is 0 Å². The molecule has 1 heterocycles. The van der Waals surface area contributed by atoms with E-state index in [2.05, 4.69) is 20.5 Å². The zero-order valence-corrected chi connectivity index (χ0v) is 15.0. The van der Waals surface area contributed by atoms with E-state index in [1.54, 1.807) is 30.6 Å². The number of benzene rings is 1. The van der Waals surface area contributed by atoms with Crippen molar-refractivity contribution in [1.82, 2.24) is 10.4 Å². The van der Waals surface area contributed by atoms with Crippen LogP contribution in [0.1, 0.15) is 11.1 Å². The van der Waals surface area contributed by atoms with E-state index in [9.17, 15) is 0 Å². The zero-order valence-electron chi connectivity index (χ0n) is 11.8. The van der Waals surface area contributed by atoms with Gasteiger partial charge in [-0.25, -0.2) is 10.4 Å². The molecule has 5 nitrogen and oxygen atoms in total. The second-order valence-electron chi connectivity index (χ2n) is 4.07. The minimum absolute atomic E-state index is 0. The van der Waals surface area contributed by atoms with Crippen molar-refractivity contribution in [1.29, 1.82) is 0 Å². The number of aromatic nitrogens is 1. The minimum atomic E-state index is 0. The fraction of sp³-hybridized carbons (Fsp3) is 0.0714. The fourth-order valence-corrected chi connectivity index (χ4v) is 2.00. The van der Waals surface area contributed by atoms with E-state index in [4.69, 9.17) is 28.9 Å². The lowest BCUT2D eigenvalue weighted by Crippen LogP contribution is -2.27. The SMILES string of the molecule is Cl.Cl.NC(=NCc1cccnc1)NN=Cc1c(Cl)cccc1Cl. The number of nitrogens with one attached hydrogen (secondary N) is 1. The molecule has 124 valence electrons. The number of nitrogens with zero attached hydrogens (tertiary/aromatic N) is 3. The zero-order chi connectivity index (χ0) is 15.1. The van der Waals surface area contributed by atoms with Crippen LogP contribution < -0.4 is 11.2 Å².